The third-order valence-electron chi connectivity index (χ3n) is 4.38. The third kappa shape index (κ3) is 8.35. The maximum absolute atomic E-state index is 13.3. The van der Waals surface area contributed by atoms with Crippen LogP contribution in [0.1, 0.15) is 43.7 Å². The molecule has 0 radical (unpaired) electrons. The van der Waals surface area contributed by atoms with E-state index in [0.717, 1.165) is 31.0 Å². The summed E-state index contributed by atoms with van der Waals surface area (Å²) >= 11 is 0. The Morgan fingerprint density at radius 3 is 2.64 bits per heavy atom. The molecule has 1 aliphatic heterocycles. The highest BCUT2D eigenvalue weighted by Crippen LogP contribution is 2.10. The second kappa shape index (κ2) is 12.5. The number of nitrogens with one attached hydrogen (secondary N) is 2. The molecule has 0 bridgehead atoms. The number of likely N-dealkylation sites (tertiary alicyclic amines) is 1. The van der Waals surface area contributed by atoms with Gasteiger partial charge >= 0.3 is 0 Å². The number of benzene rings is 1. The summed E-state index contributed by atoms with van der Waals surface area (Å²) in [6, 6.07) is 5.17. The Bertz CT molecular complexity index is 530. The number of aliphatic imine (C=N–C) groups is 1. The normalized spacial score (nSPS) is 15.1. The molecule has 1 fully saturated rings. The van der Waals surface area contributed by atoms with Gasteiger partial charge in [0.25, 0.3) is 0 Å². The van der Waals surface area contributed by atoms with Crippen LogP contribution >= 0.6 is 24.0 Å². The average Bonchev–Trinajstić information content (AvgIpc) is 3.08. The highest BCUT2D eigenvalue weighted by molar-refractivity contribution is 14.0. The molecule has 142 valence electrons. The van der Waals surface area contributed by atoms with Crippen molar-refractivity contribution in [2.24, 2.45) is 4.99 Å². The van der Waals surface area contributed by atoms with E-state index in [1.807, 2.05) is 6.07 Å². The molecule has 1 aliphatic rings. The van der Waals surface area contributed by atoms with E-state index in [1.165, 1.54) is 45.0 Å². The van der Waals surface area contributed by atoms with Crippen molar-refractivity contribution in [2.45, 2.75) is 46.1 Å². The summed E-state index contributed by atoms with van der Waals surface area (Å²) in [6.07, 6.45) is 5.09. The van der Waals surface area contributed by atoms with Crippen LogP contribution in [-0.2, 0) is 6.54 Å². The van der Waals surface area contributed by atoms with E-state index in [0.29, 0.717) is 12.1 Å². The number of guanidine groups is 1. The maximum atomic E-state index is 13.3. The predicted octanol–water partition coefficient (Wildman–Crippen LogP) is 3.68. The van der Waals surface area contributed by atoms with Gasteiger partial charge in [0, 0.05) is 13.1 Å². The molecule has 6 heteroatoms. The Balaban J connectivity index is 0.00000312. The molecule has 1 heterocycles. The van der Waals surface area contributed by atoms with Gasteiger partial charge in [-0.1, -0.05) is 12.1 Å². The van der Waals surface area contributed by atoms with E-state index in [9.17, 15) is 4.39 Å². The zero-order valence-corrected chi connectivity index (χ0v) is 17.8. The average molecular weight is 462 g/mol. The second-order valence-corrected chi connectivity index (χ2v) is 6.46. The third-order valence-corrected chi connectivity index (χ3v) is 4.38. The molecule has 0 aliphatic carbocycles. The first-order valence-electron chi connectivity index (χ1n) is 9.18. The number of nitrogens with zero attached hydrogens (tertiary/aromatic N) is 2. The zero-order valence-electron chi connectivity index (χ0n) is 15.5. The maximum Gasteiger partial charge on any atom is 0.191 e. The molecule has 0 saturated carbocycles. The number of aryl methyl sites for hydroxylation is 1. The minimum atomic E-state index is -0.161. The predicted molar refractivity (Wildman–Crippen MR) is 114 cm³/mol. The van der Waals surface area contributed by atoms with Crippen molar-refractivity contribution in [2.75, 3.05) is 32.7 Å². The molecular weight excluding hydrogens is 430 g/mol. The van der Waals surface area contributed by atoms with Gasteiger partial charge in [0.05, 0.1) is 6.54 Å². The molecule has 0 amide bonds. The highest BCUT2D eigenvalue weighted by atomic mass is 127. The molecule has 1 saturated heterocycles. The van der Waals surface area contributed by atoms with Gasteiger partial charge in [0.1, 0.15) is 5.82 Å². The Kier molecular flexibility index (Phi) is 11.0. The van der Waals surface area contributed by atoms with Crippen molar-refractivity contribution in [3.8, 4) is 0 Å². The lowest BCUT2D eigenvalue weighted by atomic mass is 10.1. The highest BCUT2D eigenvalue weighted by Gasteiger charge is 2.10. The lowest BCUT2D eigenvalue weighted by molar-refractivity contribution is 0.330. The number of unbranched alkanes of at least 4 members (excludes halogenated alkanes) is 1. The Labute approximate surface area is 168 Å². The monoisotopic (exact) mass is 462 g/mol. The van der Waals surface area contributed by atoms with Gasteiger partial charge < -0.3 is 15.5 Å². The van der Waals surface area contributed by atoms with Crippen LogP contribution in [0.5, 0.6) is 0 Å². The minimum Gasteiger partial charge on any atom is -0.357 e. The molecule has 0 unspecified atom stereocenters. The first-order valence-corrected chi connectivity index (χ1v) is 9.18. The van der Waals surface area contributed by atoms with Crippen molar-refractivity contribution in [3.63, 3.8) is 0 Å². The second-order valence-electron chi connectivity index (χ2n) is 6.46. The quantitative estimate of drug-likeness (QED) is 0.268. The van der Waals surface area contributed by atoms with Crippen LogP contribution in [0.3, 0.4) is 0 Å². The van der Waals surface area contributed by atoms with Crippen molar-refractivity contribution >= 4 is 29.9 Å². The van der Waals surface area contributed by atoms with Crippen LogP contribution in [0, 0.1) is 12.7 Å². The molecular formula is C19H32FIN4. The summed E-state index contributed by atoms with van der Waals surface area (Å²) in [5.74, 6) is 0.673. The van der Waals surface area contributed by atoms with Crippen LogP contribution < -0.4 is 10.6 Å². The van der Waals surface area contributed by atoms with Gasteiger partial charge in [0.2, 0.25) is 0 Å². The molecule has 1 aromatic carbocycles. The summed E-state index contributed by atoms with van der Waals surface area (Å²) in [5, 5.41) is 6.65. The van der Waals surface area contributed by atoms with Crippen molar-refractivity contribution in [1.82, 2.24) is 15.5 Å². The van der Waals surface area contributed by atoms with Crippen molar-refractivity contribution < 1.29 is 4.39 Å². The van der Waals surface area contributed by atoms with Gasteiger partial charge in [-0.15, -0.1) is 24.0 Å². The summed E-state index contributed by atoms with van der Waals surface area (Å²) < 4.78 is 13.3. The molecule has 0 aromatic heterocycles. The Hall–Kier alpha value is -0.890. The summed E-state index contributed by atoms with van der Waals surface area (Å²) in [4.78, 5) is 7.14. The van der Waals surface area contributed by atoms with Crippen molar-refractivity contribution in [3.05, 3.63) is 35.1 Å². The fourth-order valence-corrected chi connectivity index (χ4v) is 2.99. The number of hydrogen-bond donors (Lipinski definition) is 2. The number of halogens is 2. The SMILES string of the molecule is CCNC(=NCc1ccc(F)c(C)c1)NCCCCN1CCCC1.I. The molecule has 0 spiro atoms. The Morgan fingerprint density at radius 2 is 1.96 bits per heavy atom. The van der Waals surface area contributed by atoms with Gasteiger partial charge in [-0.25, -0.2) is 9.38 Å². The molecule has 4 nitrogen and oxygen atoms in total. The van der Waals surface area contributed by atoms with Crippen LogP contribution in [0.4, 0.5) is 4.39 Å². The van der Waals surface area contributed by atoms with E-state index in [4.69, 9.17) is 0 Å². The van der Waals surface area contributed by atoms with E-state index >= 15 is 0 Å². The van der Waals surface area contributed by atoms with E-state index < -0.39 is 0 Å². The fourth-order valence-electron chi connectivity index (χ4n) is 2.99. The lowest BCUT2D eigenvalue weighted by Crippen LogP contribution is -2.38. The first-order chi connectivity index (χ1) is 11.7. The minimum absolute atomic E-state index is 0. The Morgan fingerprint density at radius 1 is 1.20 bits per heavy atom. The van der Waals surface area contributed by atoms with Crippen molar-refractivity contribution in [1.29, 1.82) is 0 Å². The molecule has 25 heavy (non-hydrogen) atoms. The molecule has 0 atom stereocenters. The van der Waals surface area contributed by atoms with Gasteiger partial charge in [-0.2, -0.15) is 0 Å². The molecule has 2 N–H and O–H groups in total. The summed E-state index contributed by atoms with van der Waals surface area (Å²) in [6.45, 7) is 9.93. The van der Waals surface area contributed by atoms with E-state index in [1.54, 1.807) is 13.0 Å². The smallest absolute Gasteiger partial charge is 0.191 e. The topological polar surface area (TPSA) is 39.7 Å². The van der Waals surface area contributed by atoms with Gasteiger partial charge in [0.15, 0.2) is 5.96 Å². The van der Waals surface area contributed by atoms with E-state index in [2.05, 4.69) is 27.4 Å². The largest absolute Gasteiger partial charge is 0.357 e. The first kappa shape index (κ1) is 22.2. The number of hydrogen-bond acceptors (Lipinski definition) is 2. The standard InChI is InChI=1S/C19H31FN4.HI/c1-3-21-19(22-10-4-5-11-24-12-6-7-13-24)23-15-17-8-9-18(20)16(2)14-17;/h8-9,14H,3-7,10-13,15H2,1-2H3,(H2,21,22,23);1H. The zero-order chi connectivity index (χ0) is 17.2. The van der Waals surface area contributed by atoms with E-state index in [-0.39, 0.29) is 29.8 Å². The summed E-state index contributed by atoms with van der Waals surface area (Å²) in [5.41, 5.74) is 1.70. The fraction of sp³-hybridized carbons (Fsp3) is 0.632. The lowest BCUT2D eigenvalue weighted by Gasteiger charge is -2.15. The molecule has 2 rings (SSSR count). The van der Waals surface area contributed by atoms with Crippen LogP contribution in [-0.4, -0.2) is 43.6 Å². The van der Waals surface area contributed by atoms with Crippen LogP contribution in [0.25, 0.3) is 0 Å². The van der Waals surface area contributed by atoms with Crippen LogP contribution in [0.15, 0.2) is 23.2 Å². The number of rotatable bonds is 8. The molecule has 1 aromatic rings. The van der Waals surface area contributed by atoms with Gasteiger partial charge in [-0.3, -0.25) is 0 Å². The van der Waals surface area contributed by atoms with Gasteiger partial charge in [-0.05, 0) is 76.4 Å². The summed E-state index contributed by atoms with van der Waals surface area (Å²) in [7, 11) is 0. The van der Waals surface area contributed by atoms with Crippen LogP contribution in [0.2, 0.25) is 0 Å².